The highest BCUT2D eigenvalue weighted by Crippen LogP contribution is 2.26. The van der Waals surface area contributed by atoms with E-state index >= 15 is 0 Å². The zero-order valence-electron chi connectivity index (χ0n) is 14.8. The van der Waals surface area contributed by atoms with Crippen LogP contribution in [0.5, 0.6) is 11.5 Å². The standard InChI is InChI=1S/C20H22N2O4/c1-25-20(24)22-13-7-12-21(14-15-22)19(23)17-10-5-6-11-18(17)26-16-8-3-2-4-9-16/h2-6,8-11H,7,12-15H2,1H3. The van der Waals surface area contributed by atoms with Crippen molar-refractivity contribution in [3.05, 3.63) is 60.2 Å². The van der Waals surface area contributed by atoms with Crippen LogP contribution >= 0.6 is 0 Å². The minimum atomic E-state index is -0.355. The van der Waals surface area contributed by atoms with Crippen molar-refractivity contribution in [2.75, 3.05) is 33.3 Å². The summed E-state index contributed by atoms with van der Waals surface area (Å²) in [5.74, 6) is 1.11. The molecular formula is C20H22N2O4. The van der Waals surface area contributed by atoms with Crippen molar-refractivity contribution in [1.82, 2.24) is 9.80 Å². The van der Waals surface area contributed by atoms with Crippen molar-refractivity contribution in [2.24, 2.45) is 0 Å². The molecule has 2 aromatic rings. The summed E-state index contributed by atoms with van der Waals surface area (Å²) in [5.41, 5.74) is 0.517. The molecule has 0 N–H and O–H groups in total. The number of hydrogen-bond acceptors (Lipinski definition) is 4. The van der Waals surface area contributed by atoms with Gasteiger partial charge < -0.3 is 19.3 Å². The second-order valence-electron chi connectivity index (χ2n) is 6.01. The molecule has 6 nitrogen and oxygen atoms in total. The van der Waals surface area contributed by atoms with Crippen LogP contribution in [-0.4, -0.2) is 55.1 Å². The Morgan fingerprint density at radius 2 is 1.50 bits per heavy atom. The third kappa shape index (κ3) is 4.14. The molecule has 2 aromatic carbocycles. The van der Waals surface area contributed by atoms with E-state index < -0.39 is 0 Å². The van der Waals surface area contributed by atoms with Gasteiger partial charge in [-0.25, -0.2) is 4.79 Å². The van der Waals surface area contributed by atoms with Crippen molar-refractivity contribution in [1.29, 1.82) is 0 Å². The Bertz CT molecular complexity index is 763. The topological polar surface area (TPSA) is 59.1 Å². The van der Waals surface area contributed by atoms with Crippen LogP contribution in [0.15, 0.2) is 54.6 Å². The van der Waals surface area contributed by atoms with Gasteiger partial charge in [0, 0.05) is 26.2 Å². The van der Waals surface area contributed by atoms with Crippen LogP contribution in [0.1, 0.15) is 16.8 Å². The van der Waals surface area contributed by atoms with Crippen molar-refractivity contribution >= 4 is 12.0 Å². The third-order valence-electron chi connectivity index (χ3n) is 4.30. The average Bonchev–Trinajstić information content (AvgIpc) is 2.94. The van der Waals surface area contributed by atoms with Crippen LogP contribution in [0, 0.1) is 0 Å². The zero-order chi connectivity index (χ0) is 18.4. The van der Waals surface area contributed by atoms with Gasteiger partial charge in [0.1, 0.15) is 11.5 Å². The summed E-state index contributed by atoms with van der Waals surface area (Å²) in [4.78, 5) is 28.1. The van der Waals surface area contributed by atoms with Gasteiger partial charge >= 0.3 is 6.09 Å². The Balaban J connectivity index is 1.75. The van der Waals surface area contributed by atoms with Crippen LogP contribution in [-0.2, 0) is 4.74 Å². The van der Waals surface area contributed by atoms with E-state index in [-0.39, 0.29) is 12.0 Å². The lowest BCUT2D eigenvalue weighted by molar-refractivity contribution is 0.0754. The second-order valence-corrected chi connectivity index (χ2v) is 6.01. The summed E-state index contributed by atoms with van der Waals surface area (Å²) in [7, 11) is 1.37. The molecule has 6 heteroatoms. The van der Waals surface area contributed by atoms with Gasteiger partial charge in [-0.3, -0.25) is 4.79 Å². The van der Waals surface area contributed by atoms with Gasteiger partial charge in [0.05, 0.1) is 12.7 Å². The van der Waals surface area contributed by atoms with Crippen LogP contribution in [0.3, 0.4) is 0 Å². The molecule has 1 fully saturated rings. The number of carbonyl (C=O) groups excluding carboxylic acids is 2. The van der Waals surface area contributed by atoms with Gasteiger partial charge in [-0.05, 0) is 30.7 Å². The van der Waals surface area contributed by atoms with Crippen molar-refractivity contribution in [3.63, 3.8) is 0 Å². The fraction of sp³-hybridized carbons (Fsp3) is 0.300. The van der Waals surface area contributed by atoms with Gasteiger partial charge in [0.15, 0.2) is 0 Å². The fourth-order valence-electron chi connectivity index (χ4n) is 2.95. The van der Waals surface area contributed by atoms with Crippen LogP contribution in [0.25, 0.3) is 0 Å². The summed E-state index contributed by atoms with van der Waals surface area (Å²) in [6.45, 7) is 2.10. The molecule has 0 saturated carbocycles. The van der Waals surface area contributed by atoms with E-state index in [0.717, 1.165) is 0 Å². The predicted octanol–water partition coefficient (Wildman–Crippen LogP) is 3.39. The first-order valence-electron chi connectivity index (χ1n) is 8.63. The summed E-state index contributed by atoms with van der Waals surface area (Å²) >= 11 is 0. The number of para-hydroxylation sites is 2. The number of hydrogen-bond donors (Lipinski definition) is 0. The molecule has 3 rings (SSSR count). The molecule has 0 radical (unpaired) electrons. The molecule has 0 bridgehead atoms. The number of benzene rings is 2. The molecule has 0 aromatic heterocycles. The van der Waals surface area contributed by atoms with E-state index in [1.54, 1.807) is 21.9 Å². The highest BCUT2D eigenvalue weighted by molar-refractivity contribution is 5.97. The number of carbonyl (C=O) groups is 2. The SMILES string of the molecule is COC(=O)N1CCCN(C(=O)c2ccccc2Oc2ccccc2)CC1. The van der Waals surface area contributed by atoms with E-state index in [2.05, 4.69) is 0 Å². The molecule has 0 spiro atoms. The zero-order valence-corrected chi connectivity index (χ0v) is 14.8. The normalized spacial score (nSPS) is 14.5. The van der Waals surface area contributed by atoms with Gasteiger partial charge in [-0.2, -0.15) is 0 Å². The Morgan fingerprint density at radius 1 is 0.846 bits per heavy atom. The molecule has 2 amide bonds. The first-order chi connectivity index (χ1) is 12.7. The number of ether oxygens (including phenoxy) is 2. The van der Waals surface area contributed by atoms with E-state index in [4.69, 9.17) is 9.47 Å². The molecule has 1 aliphatic rings. The van der Waals surface area contributed by atoms with Crippen LogP contribution < -0.4 is 4.74 Å². The maximum absolute atomic E-state index is 13.0. The van der Waals surface area contributed by atoms with Gasteiger partial charge in [-0.15, -0.1) is 0 Å². The summed E-state index contributed by atoms with van der Waals surface area (Å²) < 4.78 is 10.7. The monoisotopic (exact) mass is 354 g/mol. The molecule has 0 aliphatic carbocycles. The largest absolute Gasteiger partial charge is 0.457 e. The van der Waals surface area contributed by atoms with Crippen LogP contribution in [0.4, 0.5) is 4.79 Å². The Kier molecular flexibility index (Phi) is 5.73. The smallest absolute Gasteiger partial charge is 0.409 e. The maximum atomic E-state index is 13.0. The number of nitrogens with zero attached hydrogens (tertiary/aromatic N) is 2. The molecule has 0 atom stereocenters. The molecule has 136 valence electrons. The molecule has 26 heavy (non-hydrogen) atoms. The number of rotatable bonds is 3. The number of amides is 2. The lowest BCUT2D eigenvalue weighted by Gasteiger charge is -2.22. The molecule has 1 aliphatic heterocycles. The lowest BCUT2D eigenvalue weighted by Crippen LogP contribution is -2.37. The third-order valence-corrected chi connectivity index (χ3v) is 4.30. The molecule has 0 unspecified atom stereocenters. The fourth-order valence-corrected chi connectivity index (χ4v) is 2.95. The lowest BCUT2D eigenvalue weighted by atomic mass is 10.1. The van der Waals surface area contributed by atoms with Gasteiger partial charge in [0.2, 0.25) is 0 Å². The van der Waals surface area contributed by atoms with Crippen molar-refractivity contribution in [2.45, 2.75) is 6.42 Å². The van der Waals surface area contributed by atoms with E-state index in [0.29, 0.717) is 49.7 Å². The minimum absolute atomic E-state index is 0.0942. The maximum Gasteiger partial charge on any atom is 0.409 e. The summed E-state index contributed by atoms with van der Waals surface area (Å²) in [5, 5.41) is 0. The molecular weight excluding hydrogens is 332 g/mol. The average molecular weight is 354 g/mol. The quantitative estimate of drug-likeness (QED) is 0.848. The van der Waals surface area contributed by atoms with E-state index in [1.807, 2.05) is 42.5 Å². The second kappa shape index (κ2) is 8.38. The molecule has 1 heterocycles. The Morgan fingerprint density at radius 3 is 2.27 bits per heavy atom. The Hall–Kier alpha value is -3.02. The van der Waals surface area contributed by atoms with Gasteiger partial charge in [0.25, 0.3) is 5.91 Å². The minimum Gasteiger partial charge on any atom is -0.457 e. The van der Waals surface area contributed by atoms with E-state index in [1.165, 1.54) is 7.11 Å². The highest BCUT2D eigenvalue weighted by Gasteiger charge is 2.24. The van der Waals surface area contributed by atoms with Crippen molar-refractivity contribution < 1.29 is 19.1 Å². The Labute approximate surface area is 152 Å². The van der Waals surface area contributed by atoms with E-state index in [9.17, 15) is 9.59 Å². The summed E-state index contributed by atoms with van der Waals surface area (Å²) in [6, 6.07) is 16.6. The van der Waals surface area contributed by atoms with Crippen molar-refractivity contribution in [3.8, 4) is 11.5 Å². The van der Waals surface area contributed by atoms with Gasteiger partial charge in [-0.1, -0.05) is 30.3 Å². The summed E-state index contributed by atoms with van der Waals surface area (Å²) in [6.07, 6.45) is 0.356. The van der Waals surface area contributed by atoms with Crippen LogP contribution in [0.2, 0.25) is 0 Å². The first kappa shape index (κ1) is 17.8. The predicted molar refractivity (Wildman–Crippen MR) is 97.5 cm³/mol. The first-order valence-corrected chi connectivity index (χ1v) is 8.63. The highest BCUT2D eigenvalue weighted by atomic mass is 16.5. The molecule has 1 saturated heterocycles. The number of methoxy groups -OCH3 is 1.